The van der Waals surface area contributed by atoms with E-state index in [1.807, 2.05) is 32.0 Å². The predicted molar refractivity (Wildman–Crippen MR) is 113 cm³/mol. The van der Waals surface area contributed by atoms with Crippen LogP contribution in [0.4, 0.5) is 5.13 Å². The number of thiazole rings is 1. The molecule has 0 aliphatic rings. The zero-order chi connectivity index (χ0) is 21.0. The normalized spacial score (nSPS) is 12.1. The van der Waals surface area contributed by atoms with Gasteiger partial charge in [0.1, 0.15) is 11.4 Å². The molecule has 29 heavy (non-hydrogen) atoms. The van der Waals surface area contributed by atoms with Gasteiger partial charge in [-0.05, 0) is 35.7 Å². The number of hydrogen-bond donors (Lipinski definition) is 4. The Labute approximate surface area is 172 Å². The third kappa shape index (κ3) is 5.07. The Balaban J connectivity index is 1.66. The Morgan fingerprint density at radius 3 is 2.55 bits per heavy atom. The first-order valence-electron chi connectivity index (χ1n) is 9.19. The number of nitrogen functional groups attached to an aromatic ring is 1. The lowest BCUT2D eigenvalue weighted by Gasteiger charge is -2.19. The topological polar surface area (TPSA) is 130 Å². The first kappa shape index (κ1) is 20.7. The summed E-state index contributed by atoms with van der Waals surface area (Å²) in [6, 6.07) is 9.97. The highest BCUT2D eigenvalue weighted by atomic mass is 32.1. The second-order valence-corrected chi connectivity index (χ2v) is 8.01. The number of anilines is 1. The van der Waals surface area contributed by atoms with E-state index in [1.54, 1.807) is 12.1 Å². The van der Waals surface area contributed by atoms with Crippen LogP contribution in [-0.4, -0.2) is 39.5 Å². The molecular weight excluding hydrogens is 390 g/mol. The number of pyridine rings is 1. The molecular formula is C20H23N5O3S. The molecule has 1 atom stereocenters. The predicted octanol–water partition coefficient (Wildman–Crippen LogP) is 1.95. The molecule has 0 aliphatic carbocycles. The number of benzene rings is 1. The van der Waals surface area contributed by atoms with Crippen LogP contribution in [0.5, 0.6) is 0 Å². The number of carbonyl (C=O) groups is 2. The highest BCUT2D eigenvalue weighted by Gasteiger charge is 2.18. The summed E-state index contributed by atoms with van der Waals surface area (Å²) in [5.41, 5.74) is 7.72. The minimum atomic E-state index is -0.430. The maximum atomic E-state index is 12.5. The molecule has 9 heteroatoms. The van der Waals surface area contributed by atoms with Gasteiger partial charge in [-0.2, -0.15) is 0 Å². The van der Waals surface area contributed by atoms with Crippen molar-refractivity contribution in [3.05, 3.63) is 53.3 Å². The average Bonchev–Trinajstić information content (AvgIpc) is 3.09. The Morgan fingerprint density at radius 2 is 1.86 bits per heavy atom. The van der Waals surface area contributed by atoms with E-state index >= 15 is 0 Å². The van der Waals surface area contributed by atoms with E-state index in [9.17, 15) is 14.7 Å². The van der Waals surface area contributed by atoms with Gasteiger partial charge in [-0.25, -0.2) is 9.97 Å². The van der Waals surface area contributed by atoms with Crippen LogP contribution in [0.1, 0.15) is 40.4 Å². The largest absolute Gasteiger partial charge is 0.394 e. The van der Waals surface area contributed by atoms with Gasteiger partial charge in [-0.1, -0.05) is 37.3 Å². The third-order valence-corrected chi connectivity index (χ3v) is 5.30. The van der Waals surface area contributed by atoms with E-state index in [-0.39, 0.29) is 35.9 Å². The smallest absolute Gasteiger partial charge is 0.270 e. The van der Waals surface area contributed by atoms with E-state index in [0.717, 1.165) is 15.8 Å². The standard InChI is InChI=1S/C20H23N5O3S/c1-11(2)16(10-26)24-19(28)15-5-3-4-14(23-15)18(27)22-9-12-6-7-13-17(8-12)29-20(21)25-13/h3-8,11,16,26H,9-10H2,1-2H3,(H2,21,25)(H,22,27)(H,24,28)/t16-/m0/s1. The van der Waals surface area contributed by atoms with Crippen molar-refractivity contribution in [2.45, 2.75) is 26.4 Å². The number of aromatic nitrogens is 2. The van der Waals surface area contributed by atoms with Crippen LogP contribution in [0.2, 0.25) is 0 Å². The number of carbonyl (C=O) groups excluding carboxylic acids is 2. The maximum Gasteiger partial charge on any atom is 0.270 e. The Kier molecular flexibility index (Phi) is 6.40. The summed E-state index contributed by atoms with van der Waals surface area (Å²) in [5.74, 6) is -0.742. The van der Waals surface area contributed by atoms with Crippen molar-refractivity contribution in [3.8, 4) is 0 Å². The number of amides is 2. The fraction of sp³-hybridized carbons (Fsp3) is 0.300. The third-order valence-electron chi connectivity index (χ3n) is 4.45. The van der Waals surface area contributed by atoms with Gasteiger partial charge in [0.2, 0.25) is 0 Å². The summed E-state index contributed by atoms with van der Waals surface area (Å²) in [7, 11) is 0. The highest BCUT2D eigenvalue weighted by molar-refractivity contribution is 7.22. The SMILES string of the molecule is CC(C)[C@H](CO)NC(=O)c1cccc(C(=O)NCc2ccc3nc(N)sc3c2)n1. The molecule has 2 amide bonds. The lowest BCUT2D eigenvalue weighted by molar-refractivity contribution is 0.0891. The molecule has 0 fully saturated rings. The van der Waals surface area contributed by atoms with Crippen LogP contribution in [-0.2, 0) is 6.54 Å². The van der Waals surface area contributed by atoms with Crippen molar-refractivity contribution >= 4 is 38.5 Å². The number of fused-ring (bicyclic) bond motifs is 1. The minimum Gasteiger partial charge on any atom is -0.394 e. The molecule has 0 saturated carbocycles. The lowest BCUT2D eigenvalue weighted by Crippen LogP contribution is -2.41. The summed E-state index contributed by atoms with van der Waals surface area (Å²) in [4.78, 5) is 33.2. The number of nitrogens with one attached hydrogen (secondary N) is 2. The summed E-state index contributed by atoms with van der Waals surface area (Å²) < 4.78 is 0.953. The zero-order valence-electron chi connectivity index (χ0n) is 16.2. The Morgan fingerprint density at radius 1 is 1.14 bits per heavy atom. The fourth-order valence-electron chi connectivity index (χ4n) is 2.72. The van der Waals surface area contributed by atoms with Crippen LogP contribution in [0, 0.1) is 5.92 Å². The second-order valence-electron chi connectivity index (χ2n) is 6.95. The number of hydrogen-bond acceptors (Lipinski definition) is 7. The van der Waals surface area contributed by atoms with E-state index in [1.165, 1.54) is 17.4 Å². The molecule has 2 heterocycles. The summed E-state index contributed by atoms with van der Waals surface area (Å²) in [5, 5.41) is 15.4. The minimum absolute atomic E-state index is 0.0710. The molecule has 0 bridgehead atoms. The quantitative estimate of drug-likeness (QED) is 0.468. The van der Waals surface area contributed by atoms with Gasteiger partial charge < -0.3 is 21.5 Å². The van der Waals surface area contributed by atoms with Crippen molar-refractivity contribution in [2.75, 3.05) is 12.3 Å². The van der Waals surface area contributed by atoms with Gasteiger partial charge in [0.15, 0.2) is 5.13 Å². The Hall–Kier alpha value is -3.04. The fourth-order valence-corrected chi connectivity index (χ4v) is 3.52. The number of nitrogens with zero attached hydrogens (tertiary/aromatic N) is 2. The van der Waals surface area contributed by atoms with Crippen molar-refractivity contribution < 1.29 is 14.7 Å². The van der Waals surface area contributed by atoms with Gasteiger partial charge in [0, 0.05) is 6.54 Å². The van der Waals surface area contributed by atoms with Crippen molar-refractivity contribution in [3.63, 3.8) is 0 Å². The first-order valence-corrected chi connectivity index (χ1v) is 10.0. The van der Waals surface area contributed by atoms with Crippen LogP contribution < -0.4 is 16.4 Å². The number of aliphatic hydroxyl groups excluding tert-OH is 1. The molecule has 8 nitrogen and oxygen atoms in total. The monoisotopic (exact) mass is 413 g/mol. The molecule has 0 saturated heterocycles. The number of aliphatic hydroxyl groups is 1. The Bertz CT molecular complexity index is 1030. The van der Waals surface area contributed by atoms with Crippen LogP contribution >= 0.6 is 11.3 Å². The summed E-state index contributed by atoms with van der Waals surface area (Å²) in [6.07, 6.45) is 0. The van der Waals surface area contributed by atoms with Crippen LogP contribution in [0.15, 0.2) is 36.4 Å². The number of rotatable bonds is 7. The van der Waals surface area contributed by atoms with E-state index in [4.69, 9.17) is 5.73 Å². The van der Waals surface area contributed by atoms with E-state index < -0.39 is 5.91 Å². The lowest BCUT2D eigenvalue weighted by atomic mass is 10.1. The van der Waals surface area contributed by atoms with Gasteiger partial charge in [-0.3, -0.25) is 9.59 Å². The molecule has 5 N–H and O–H groups in total. The molecule has 3 rings (SSSR count). The van der Waals surface area contributed by atoms with E-state index in [2.05, 4.69) is 20.6 Å². The van der Waals surface area contributed by atoms with Crippen molar-refractivity contribution in [1.29, 1.82) is 0 Å². The van der Waals surface area contributed by atoms with Gasteiger partial charge in [-0.15, -0.1) is 0 Å². The number of nitrogens with two attached hydrogens (primary N) is 1. The van der Waals surface area contributed by atoms with Gasteiger partial charge in [0.25, 0.3) is 11.8 Å². The van der Waals surface area contributed by atoms with Gasteiger partial charge in [0.05, 0.1) is 22.9 Å². The zero-order valence-corrected chi connectivity index (χ0v) is 17.0. The molecule has 0 radical (unpaired) electrons. The van der Waals surface area contributed by atoms with Crippen molar-refractivity contribution in [1.82, 2.24) is 20.6 Å². The maximum absolute atomic E-state index is 12.5. The van der Waals surface area contributed by atoms with Crippen LogP contribution in [0.25, 0.3) is 10.2 Å². The molecule has 0 aliphatic heterocycles. The highest BCUT2D eigenvalue weighted by Crippen LogP contribution is 2.24. The second kappa shape index (κ2) is 8.97. The summed E-state index contributed by atoms with van der Waals surface area (Å²) in [6.45, 7) is 3.94. The average molecular weight is 414 g/mol. The van der Waals surface area contributed by atoms with E-state index in [0.29, 0.717) is 11.7 Å². The molecule has 152 valence electrons. The molecule has 3 aromatic rings. The molecule has 0 unspecified atom stereocenters. The molecule has 0 spiro atoms. The van der Waals surface area contributed by atoms with Crippen LogP contribution in [0.3, 0.4) is 0 Å². The molecule has 1 aromatic carbocycles. The van der Waals surface area contributed by atoms with Crippen molar-refractivity contribution in [2.24, 2.45) is 5.92 Å². The van der Waals surface area contributed by atoms with Gasteiger partial charge >= 0.3 is 0 Å². The summed E-state index contributed by atoms with van der Waals surface area (Å²) >= 11 is 1.39. The first-order chi connectivity index (χ1) is 13.9. The molecule has 2 aromatic heterocycles.